The van der Waals surface area contributed by atoms with Gasteiger partial charge in [-0.3, -0.25) is 4.79 Å². The second-order valence-electron chi connectivity index (χ2n) is 9.32. The minimum atomic E-state index is -1.05. The maximum atomic E-state index is 12.6. The number of aliphatic hydroxyl groups excluding tert-OH is 1. The van der Waals surface area contributed by atoms with Crippen LogP contribution in [0.2, 0.25) is 0 Å². The second-order valence-corrected chi connectivity index (χ2v) is 9.32. The molecule has 4 aliphatic rings. The average molecular weight is 375 g/mol. The van der Waals surface area contributed by atoms with Gasteiger partial charge in [-0.25, -0.2) is 4.79 Å². The SMILES string of the molecule is C[C@]12CC[C@H](O)CC1=CC(=NOCC(=O)O)[C@@H]1[C@@H]2CC[C@]2(C)C(=O)CC[C@@H]12. The molecule has 0 heterocycles. The number of carbonyl (C=O) groups is 2. The van der Waals surface area contributed by atoms with Gasteiger partial charge in [0.2, 0.25) is 6.61 Å². The highest BCUT2D eigenvalue weighted by molar-refractivity contribution is 6.00. The van der Waals surface area contributed by atoms with Crippen molar-refractivity contribution in [3.05, 3.63) is 11.6 Å². The fraction of sp³-hybridized carbons (Fsp3) is 0.762. The number of Topliss-reactive ketones (excluding diaryl/α,β-unsaturated/α-hetero) is 1. The van der Waals surface area contributed by atoms with Crippen LogP contribution in [-0.4, -0.2) is 40.4 Å². The number of nitrogens with zero attached hydrogens (tertiary/aromatic N) is 1. The highest BCUT2D eigenvalue weighted by Gasteiger charge is 2.60. The Kier molecular flexibility index (Phi) is 4.45. The van der Waals surface area contributed by atoms with E-state index < -0.39 is 12.6 Å². The van der Waals surface area contributed by atoms with Crippen molar-refractivity contribution < 1.29 is 24.6 Å². The summed E-state index contributed by atoms with van der Waals surface area (Å²) in [5.74, 6) is 0.0177. The molecule has 3 fully saturated rings. The Balaban J connectivity index is 1.76. The Morgan fingerprint density at radius 3 is 2.67 bits per heavy atom. The molecule has 0 aromatic rings. The van der Waals surface area contributed by atoms with Gasteiger partial charge in [-0.05, 0) is 61.9 Å². The molecule has 0 saturated heterocycles. The number of rotatable bonds is 3. The highest BCUT2D eigenvalue weighted by Crippen LogP contribution is 2.63. The van der Waals surface area contributed by atoms with Crippen molar-refractivity contribution >= 4 is 17.5 Å². The summed E-state index contributed by atoms with van der Waals surface area (Å²) < 4.78 is 0. The summed E-state index contributed by atoms with van der Waals surface area (Å²) in [6, 6.07) is 0. The van der Waals surface area contributed by atoms with E-state index in [1.165, 1.54) is 5.57 Å². The lowest BCUT2D eigenvalue weighted by atomic mass is 9.47. The van der Waals surface area contributed by atoms with Crippen molar-refractivity contribution in [2.45, 2.75) is 64.9 Å². The van der Waals surface area contributed by atoms with Crippen LogP contribution in [-0.2, 0) is 14.4 Å². The minimum absolute atomic E-state index is 0.0165. The molecule has 0 aromatic heterocycles. The van der Waals surface area contributed by atoms with Crippen LogP contribution in [0.3, 0.4) is 0 Å². The summed E-state index contributed by atoms with van der Waals surface area (Å²) in [4.78, 5) is 28.6. The lowest BCUT2D eigenvalue weighted by Gasteiger charge is -2.56. The average Bonchev–Trinajstić information content (AvgIpc) is 2.91. The molecule has 6 heteroatoms. The van der Waals surface area contributed by atoms with Crippen LogP contribution in [0.25, 0.3) is 0 Å². The molecule has 3 saturated carbocycles. The first-order valence-electron chi connectivity index (χ1n) is 10.1. The molecule has 0 amide bonds. The fourth-order valence-corrected chi connectivity index (χ4v) is 6.43. The van der Waals surface area contributed by atoms with E-state index in [0.29, 0.717) is 24.5 Å². The first-order valence-corrected chi connectivity index (χ1v) is 10.1. The zero-order valence-electron chi connectivity index (χ0n) is 16.1. The van der Waals surface area contributed by atoms with Gasteiger partial charge >= 0.3 is 5.97 Å². The number of ketones is 1. The van der Waals surface area contributed by atoms with Crippen molar-refractivity contribution in [3.63, 3.8) is 0 Å². The molecule has 0 aromatic carbocycles. The van der Waals surface area contributed by atoms with Crippen LogP contribution in [0.15, 0.2) is 16.8 Å². The van der Waals surface area contributed by atoms with Gasteiger partial charge in [0, 0.05) is 17.8 Å². The normalized spacial score (nSPS) is 44.9. The summed E-state index contributed by atoms with van der Waals surface area (Å²) in [5.41, 5.74) is 1.69. The predicted molar refractivity (Wildman–Crippen MR) is 99.1 cm³/mol. The molecule has 0 unspecified atom stereocenters. The standard InChI is InChI=1S/C21H29NO5/c1-20-7-5-13(23)9-12(20)10-16(22-27-11-18(25)26)19-14-3-4-17(24)21(14,2)8-6-15(19)20/h10,13-15,19,23H,3-9,11H2,1-2H3,(H,25,26)/t13-,14-,15-,19-,20-,21-/m0/s1. The van der Waals surface area contributed by atoms with E-state index in [9.17, 15) is 14.7 Å². The molecule has 2 N–H and O–H groups in total. The lowest BCUT2D eigenvalue weighted by Crippen LogP contribution is -2.53. The minimum Gasteiger partial charge on any atom is -0.479 e. The van der Waals surface area contributed by atoms with Crippen molar-refractivity contribution in [1.29, 1.82) is 0 Å². The van der Waals surface area contributed by atoms with E-state index in [2.05, 4.69) is 19.0 Å². The third-order valence-electron chi connectivity index (χ3n) is 8.01. The fourth-order valence-electron chi connectivity index (χ4n) is 6.43. The second kappa shape index (κ2) is 6.43. The molecule has 4 rings (SSSR count). The lowest BCUT2D eigenvalue weighted by molar-refractivity contribution is -0.142. The quantitative estimate of drug-likeness (QED) is 0.740. The molecule has 0 aliphatic heterocycles. The van der Waals surface area contributed by atoms with E-state index in [0.717, 1.165) is 37.8 Å². The maximum Gasteiger partial charge on any atom is 0.344 e. The van der Waals surface area contributed by atoms with Gasteiger partial charge < -0.3 is 15.1 Å². The Labute approximate surface area is 159 Å². The number of aliphatic carboxylic acids is 1. The molecule has 4 aliphatic carbocycles. The van der Waals surface area contributed by atoms with E-state index >= 15 is 0 Å². The summed E-state index contributed by atoms with van der Waals surface area (Å²) in [6.07, 6.45) is 7.47. The van der Waals surface area contributed by atoms with E-state index in [1.54, 1.807) is 0 Å². The Bertz CT molecular complexity index is 728. The van der Waals surface area contributed by atoms with Gasteiger partial charge in [-0.2, -0.15) is 0 Å². The number of hydrogen-bond acceptors (Lipinski definition) is 5. The Hall–Kier alpha value is -1.69. The van der Waals surface area contributed by atoms with Crippen LogP contribution in [0.4, 0.5) is 0 Å². The number of carbonyl (C=O) groups excluding carboxylic acids is 1. The van der Waals surface area contributed by atoms with Gasteiger partial charge in [0.15, 0.2) is 0 Å². The zero-order valence-corrected chi connectivity index (χ0v) is 16.1. The monoisotopic (exact) mass is 375 g/mol. The molecule has 0 bridgehead atoms. The topological polar surface area (TPSA) is 96.2 Å². The molecule has 27 heavy (non-hydrogen) atoms. The highest BCUT2D eigenvalue weighted by atomic mass is 16.6. The van der Waals surface area contributed by atoms with Crippen molar-refractivity contribution in [1.82, 2.24) is 0 Å². The predicted octanol–water partition coefficient (Wildman–Crippen LogP) is 2.95. The molecule has 6 nitrogen and oxygen atoms in total. The van der Waals surface area contributed by atoms with Crippen molar-refractivity contribution in [2.24, 2.45) is 33.7 Å². The number of aliphatic hydroxyl groups is 1. The molecule has 0 radical (unpaired) electrons. The summed E-state index contributed by atoms with van der Waals surface area (Å²) in [7, 11) is 0. The molecule has 0 spiro atoms. The number of hydrogen-bond donors (Lipinski definition) is 2. The Morgan fingerprint density at radius 2 is 1.93 bits per heavy atom. The van der Waals surface area contributed by atoms with Crippen molar-refractivity contribution in [2.75, 3.05) is 6.61 Å². The first-order chi connectivity index (χ1) is 12.8. The number of oxime groups is 1. The van der Waals surface area contributed by atoms with Gasteiger partial charge in [0.05, 0.1) is 11.8 Å². The number of fused-ring (bicyclic) bond motifs is 5. The van der Waals surface area contributed by atoms with E-state index in [1.807, 2.05) is 6.08 Å². The molecular formula is C21H29NO5. The third-order valence-corrected chi connectivity index (χ3v) is 8.01. The number of allylic oxidation sites excluding steroid dienone is 1. The summed E-state index contributed by atoms with van der Waals surface area (Å²) in [5, 5.41) is 23.3. The van der Waals surface area contributed by atoms with Gasteiger partial charge in [0.25, 0.3) is 0 Å². The molecule has 148 valence electrons. The van der Waals surface area contributed by atoms with Crippen LogP contribution in [0.1, 0.15) is 58.8 Å². The smallest absolute Gasteiger partial charge is 0.344 e. The molecular weight excluding hydrogens is 346 g/mol. The van der Waals surface area contributed by atoms with E-state index in [-0.39, 0.29) is 28.8 Å². The van der Waals surface area contributed by atoms with Crippen LogP contribution >= 0.6 is 0 Å². The van der Waals surface area contributed by atoms with Gasteiger partial charge in [-0.1, -0.05) is 24.6 Å². The molecule has 6 atom stereocenters. The summed E-state index contributed by atoms with van der Waals surface area (Å²) in [6.45, 7) is 3.94. The maximum absolute atomic E-state index is 12.6. The first kappa shape index (κ1) is 18.7. The third kappa shape index (κ3) is 2.84. The van der Waals surface area contributed by atoms with Crippen LogP contribution < -0.4 is 0 Å². The van der Waals surface area contributed by atoms with Crippen LogP contribution in [0, 0.1) is 28.6 Å². The van der Waals surface area contributed by atoms with Crippen LogP contribution in [0.5, 0.6) is 0 Å². The number of carboxylic acids is 1. The van der Waals surface area contributed by atoms with Crippen molar-refractivity contribution in [3.8, 4) is 0 Å². The number of carboxylic acid groups (broad SMARTS) is 1. The summed E-state index contributed by atoms with van der Waals surface area (Å²) >= 11 is 0. The zero-order chi connectivity index (χ0) is 19.4. The largest absolute Gasteiger partial charge is 0.479 e. The van der Waals surface area contributed by atoms with Gasteiger partial charge in [-0.15, -0.1) is 0 Å². The van der Waals surface area contributed by atoms with Gasteiger partial charge in [0.1, 0.15) is 5.78 Å². The Morgan fingerprint density at radius 1 is 1.22 bits per heavy atom. The van der Waals surface area contributed by atoms with E-state index in [4.69, 9.17) is 9.94 Å².